The molecule has 0 spiro atoms. The number of ether oxygens (including phenoxy) is 1. The number of amides is 2. The summed E-state index contributed by atoms with van der Waals surface area (Å²) >= 11 is 0. The van der Waals surface area contributed by atoms with Crippen molar-refractivity contribution in [2.45, 2.75) is 62.9 Å². The van der Waals surface area contributed by atoms with Crippen LogP contribution >= 0.6 is 0 Å². The molecule has 3 N–H and O–H groups in total. The molecule has 6 heteroatoms. The van der Waals surface area contributed by atoms with Gasteiger partial charge in [-0.25, -0.2) is 9.59 Å². The van der Waals surface area contributed by atoms with Crippen LogP contribution in [0.2, 0.25) is 0 Å². The van der Waals surface area contributed by atoms with E-state index >= 15 is 0 Å². The van der Waals surface area contributed by atoms with Crippen LogP contribution in [0.15, 0.2) is 0 Å². The van der Waals surface area contributed by atoms with Gasteiger partial charge in [-0.1, -0.05) is 19.3 Å². The molecule has 0 radical (unpaired) electrons. The van der Waals surface area contributed by atoms with Crippen molar-refractivity contribution in [3.05, 3.63) is 0 Å². The number of carboxylic acid groups (broad SMARTS) is 1. The second kappa shape index (κ2) is 5.99. The van der Waals surface area contributed by atoms with Crippen molar-refractivity contribution in [2.24, 2.45) is 0 Å². The standard InChI is InChI=1S/C14H24N2O4/c1-13(6-5-9-20-10-13)15-12(19)16-14(11(17)18)7-3-2-4-8-14/h2-10H2,1H3,(H,17,18)(H2,15,16,19). The lowest BCUT2D eigenvalue weighted by Gasteiger charge is -2.38. The Morgan fingerprint density at radius 2 is 1.75 bits per heavy atom. The average Bonchev–Trinajstić information content (AvgIpc) is 2.39. The van der Waals surface area contributed by atoms with Gasteiger partial charge in [0.15, 0.2) is 0 Å². The number of carboxylic acids is 1. The van der Waals surface area contributed by atoms with Gasteiger partial charge in [0, 0.05) is 6.61 Å². The number of carbonyl (C=O) groups is 2. The summed E-state index contributed by atoms with van der Waals surface area (Å²) < 4.78 is 5.39. The highest BCUT2D eigenvalue weighted by atomic mass is 16.5. The smallest absolute Gasteiger partial charge is 0.329 e. The molecule has 6 nitrogen and oxygen atoms in total. The maximum atomic E-state index is 12.2. The molecule has 1 unspecified atom stereocenters. The van der Waals surface area contributed by atoms with Crippen LogP contribution in [0, 0.1) is 0 Å². The summed E-state index contributed by atoms with van der Waals surface area (Å²) in [6, 6.07) is -0.401. The summed E-state index contributed by atoms with van der Waals surface area (Å²) in [7, 11) is 0. The van der Waals surface area contributed by atoms with Crippen LogP contribution in [0.5, 0.6) is 0 Å². The molecular formula is C14H24N2O4. The molecule has 1 saturated carbocycles. The van der Waals surface area contributed by atoms with Gasteiger partial charge in [-0.15, -0.1) is 0 Å². The number of nitrogens with one attached hydrogen (secondary N) is 2. The number of carbonyl (C=O) groups excluding carboxylic acids is 1. The number of hydrogen-bond acceptors (Lipinski definition) is 3. The molecular weight excluding hydrogens is 260 g/mol. The van der Waals surface area contributed by atoms with E-state index in [9.17, 15) is 14.7 Å². The normalized spacial score (nSPS) is 29.4. The SMILES string of the molecule is CC1(NC(=O)NC2(C(=O)O)CCCCC2)CCCOC1. The zero-order valence-corrected chi connectivity index (χ0v) is 12.0. The Bertz CT molecular complexity index is 371. The molecule has 2 rings (SSSR count). The van der Waals surface area contributed by atoms with E-state index in [1.807, 2.05) is 6.92 Å². The van der Waals surface area contributed by atoms with E-state index in [4.69, 9.17) is 4.74 Å². The van der Waals surface area contributed by atoms with Crippen LogP contribution in [0.4, 0.5) is 4.79 Å². The van der Waals surface area contributed by atoms with E-state index in [2.05, 4.69) is 10.6 Å². The molecule has 114 valence electrons. The third kappa shape index (κ3) is 3.42. The minimum atomic E-state index is -1.10. The minimum absolute atomic E-state index is 0.401. The summed E-state index contributed by atoms with van der Waals surface area (Å²) in [6.45, 7) is 3.12. The Morgan fingerprint density at radius 1 is 1.05 bits per heavy atom. The molecule has 1 saturated heterocycles. The first-order valence-corrected chi connectivity index (χ1v) is 7.37. The van der Waals surface area contributed by atoms with E-state index < -0.39 is 23.1 Å². The topological polar surface area (TPSA) is 87.7 Å². The summed E-state index contributed by atoms with van der Waals surface area (Å²) in [5, 5.41) is 15.0. The van der Waals surface area contributed by atoms with Crippen LogP contribution < -0.4 is 10.6 Å². The van der Waals surface area contributed by atoms with Gasteiger partial charge in [-0.3, -0.25) is 0 Å². The summed E-state index contributed by atoms with van der Waals surface area (Å²) in [6.07, 6.45) is 5.47. The van der Waals surface area contributed by atoms with E-state index in [1.165, 1.54) is 0 Å². The fraction of sp³-hybridized carbons (Fsp3) is 0.857. The summed E-state index contributed by atoms with van der Waals surface area (Å²) in [4.78, 5) is 23.7. The van der Waals surface area contributed by atoms with Crippen molar-refractivity contribution in [1.82, 2.24) is 10.6 Å². The predicted molar refractivity (Wildman–Crippen MR) is 73.6 cm³/mol. The number of hydrogen-bond donors (Lipinski definition) is 3. The van der Waals surface area contributed by atoms with E-state index in [0.29, 0.717) is 19.4 Å². The van der Waals surface area contributed by atoms with Gasteiger partial charge in [0.2, 0.25) is 0 Å². The Labute approximate surface area is 119 Å². The first-order chi connectivity index (χ1) is 9.46. The molecule has 1 aliphatic heterocycles. The summed E-state index contributed by atoms with van der Waals surface area (Å²) in [5.41, 5.74) is -1.51. The lowest BCUT2D eigenvalue weighted by molar-refractivity contribution is -0.145. The van der Waals surface area contributed by atoms with Gasteiger partial charge in [0.25, 0.3) is 0 Å². The van der Waals surface area contributed by atoms with Crippen molar-refractivity contribution < 1.29 is 19.4 Å². The average molecular weight is 284 g/mol. The van der Waals surface area contributed by atoms with Gasteiger partial charge in [-0.2, -0.15) is 0 Å². The molecule has 2 fully saturated rings. The maximum absolute atomic E-state index is 12.2. The van der Waals surface area contributed by atoms with Gasteiger partial charge in [-0.05, 0) is 32.6 Å². The molecule has 0 bridgehead atoms. The number of rotatable bonds is 3. The maximum Gasteiger partial charge on any atom is 0.329 e. The minimum Gasteiger partial charge on any atom is -0.480 e. The highest BCUT2D eigenvalue weighted by molar-refractivity contribution is 5.86. The van der Waals surface area contributed by atoms with E-state index in [0.717, 1.165) is 38.7 Å². The van der Waals surface area contributed by atoms with Crippen molar-refractivity contribution >= 4 is 12.0 Å². The Morgan fingerprint density at radius 3 is 2.30 bits per heavy atom. The fourth-order valence-corrected chi connectivity index (χ4v) is 3.10. The van der Waals surface area contributed by atoms with Crippen molar-refractivity contribution in [1.29, 1.82) is 0 Å². The van der Waals surface area contributed by atoms with Crippen LogP contribution in [0.3, 0.4) is 0 Å². The lowest BCUT2D eigenvalue weighted by Crippen LogP contribution is -2.62. The molecule has 0 aromatic heterocycles. The Balaban J connectivity index is 1.96. The highest BCUT2D eigenvalue weighted by Crippen LogP contribution is 2.28. The van der Waals surface area contributed by atoms with E-state index in [1.54, 1.807) is 0 Å². The van der Waals surface area contributed by atoms with Crippen molar-refractivity contribution in [2.75, 3.05) is 13.2 Å². The monoisotopic (exact) mass is 284 g/mol. The molecule has 1 heterocycles. The van der Waals surface area contributed by atoms with Gasteiger partial charge in [0.1, 0.15) is 5.54 Å². The van der Waals surface area contributed by atoms with Crippen molar-refractivity contribution in [3.8, 4) is 0 Å². The molecule has 1 aliphatic carbocycles. The van der Waals surface area contributed by atoms with Gasteiger partial charge in [0.05, 0.1) is 12.1 Å². The Kier molecular flexibility index (Phi) is 4.52. The molecule has 2 amide bonds. The largest absolute Gasteiger partial charge is 0.480 e. The fourth-order valence-electron chi connectivity index (χ4n) is 3.10. The zero-order valence-electron chi connectivity index (χ0n) is 12.0. The number of urea groups is 1. The second-order valence-corrected chi connectivity index (χ2v) is 6.24. The zero-order chi connectivity index (χ0) is 14.6. The number of aliphatic carboxylic acids is 1. The van der Waals surface area contributed by atoms with Gasteiger partial charge < -0.3 is 20.5 Å². The van der Waals surface area contributed by atoms with E-state index in [-0.39, 0.29) is 0 Å². The first kappa shape index (κ1) is 15.1. The van der Waals surface area contributed by atoms with Crippen LogP contribution in [-0.2, 0) is 9.53 Å². The quantitative estimate of drug-likeness (QED) is 0.735. The highest BCUT2D eigenvalue weighted by Gasteiger charge is 2.42. The molecule has 0 aromatic rings. The first-order valence-electron chi connectivity index (χ1n) is 7.37. The lowest BCUT2D eigenvalue weighted by atomic mass is 9.82. The molecule has 2 aliphatic rings. The Hall–Kier alpha value is -1.30. The predicted octanol–water partition coefficient (Wildman–Crippen LogP) is 1.64. The third-order valence-corrected chi connectivity index (χ3v) is 4.32. The van der Waals surface area contributed by atoms with Gasteiger partial charge >= 0.3 is 12.0 Å². The third-order valence-electron chi connectivity index (χ3n) is 4.32. The van der Waals surface area contributed by atoms with Crippen molar-refractivity contribution in [3.63, 3.8) is 0 Å². The second-order valence-electron chi connectivity index (χ2n) is 6.24. The molecule has 1 atom stereocenters. The molecule has 0 aromatic carbocycles. The molecule has 20 heavy (non-hydrogen) atoms. The van der Waals surface area contributed by atoms with Crippen LogP contribution in [0.1, 0.15) is 51.9 Å². The summed E-state index contributed by atoms with van der Waals surface area (Å²) in [5.74, 6) is -0.933. The van der Waals surface area contributed by atoms with Crippen LogP contribution in [-0.4, -0.2) is 41.4 Å². The van der Waals surface area contributed by atoms with Crippen LogP contribution in [0.25, 0.3) is 0 Å².